The van der Waals surface area contributed by atoms with Crippen molar-refractivity contribution in [2.45, 2.75) is 19.0 Å². The maximum Gasteiger partial charge on any atom is 0.417 e. The molecule has 0 bridgehead atoms. The van der Waals surface area contributed by atoms with Crippen molar-refractivity contribution in [2.75, 3.05) is 44.3 Å². The summed E-state index contributed by atoms with van der Waals surface area (Å²) in [4.78, 5) is 32.8. The van der Waals surface area contributed by atoms with Crippen LogP contribution in [0.5, 0.6) is 0 Å². The molecule has 172 valence electrons. The first-order chi connectivity index (χ1) is 15.3. The molecule has 2 saturated heterocycles. The third-order valence-electron chi connectivity index (χ3n) is 5.70. The van der Waals surface area contributed by atoms with Crippen molar-refractivity contribution < 1.29 is 22.7 Å². The normalized spacial score (nSPS) is 18.1. The standard InChI is InChI=1S/C20H21ClF3N5O3/c21-17-15(27-5-3-13(4-6-27)18(30)28-7-9-32-10-8-28)12-26-29(19(17)31)16-2-1-14(11-25-16)20(22,23)24/h1-2,11-13H,3-10H2. The van der Waals surface area contributed by atoms with E-state index >= 15 is 0 Å². The number of nitrogens with zero attached hydrogens (tertiary/aromatic N) is 5. The van der Waals surface area contributed by atoms with Crippen LogP contribution < -0.4 is 10.5 Å². The lowest BCUT2D eigenvalue weighted by Gasteiger charge is -2.36. The summed E-state index contributed by atoms with van der Waals surface area (Å²) in [5, 5.41) is 3.95. The molecule has 2 aromatic rings. The second-order valence-corrected chi connectivity index (χ2v) is 8.04. The summed E-state index contributed by atoms with van der Waals surface area (Å²) in [7, 11) is 0. The monoisotopic (exact) mass is 471 g/mol. The average molecular weight is 472 g/mol. The van der Waals surface area contributed by atoms with Gasteiger partial charge in [-0.3, -0.25) is 9.59 Å². The Morgan fingerprint density at radius 1 is 1.09 bits per heavy atom. The van der Waals surface area contributed by atoms with Gasteiger partial charge in [0.25, 0.3) is 5.56 Å². The SMILES string of the molecule is O=C(C1CCN(c2cnn(-c3ccc(C(F)(F)F)cn3)c(=O)c2Cl)CC1)N1CCOCC1. The maximum atomic E-state index is 12.7. The first-order valence-corrected chi connectivity index (χ1v) is 10.6. The molecule has 2 fully saturated rings. The van der Waals surface area contributed by atoms with E-state index in [4.69, 9.17) is 16.3 Å². The lowest BCUT2D eigenvalue weighted by molar-refractivity contribution is -0.140. The molecule has 2 aromatic heterocycles. The van der Waals surface area contributed by atoms with Gasteiger partial charge in [0, 0.05) is 38.3 Å². The minimum Gasteiger partial charge on any atom is -0.378 e. The van der Waals surface area contributed by atoms with E-state index in [1.807, 2.05) is 9.80 Å². The largest absolute Gasteiger partial charge is 0.417 e. The van der Waals surface area contributed by atoms with Crippen LogP contribution in [0, 0.1) is 5.92 Å². The molecular weight excluding hydrogens is 451 g/mol. The summed E-state index contributed by atoms with van der Waals surface area (Å²) in [6.45, 7) is 3.37. The number of rotatable bonds is 3. The number of hydrogen-bond acceptors (Lipinski definition) is 6. The van der Waals surface area contributed by atoms with Crippen LogP contribution in [0.15, 0.2) is 29.3 Å². The number of morpholine rings is 1. The zero-order valence-electron chi connectivity index (χ0n) is 17.0. The number of aromatic nitrogens is 3. The third kappa shape index (κ3) is 4.58. The van der Waals surface area contributed by atoms with Crippen LogP contribution >= 0.6 is 11.6 Å². The van der Waals surface area contributed by atoms with Gasteiger partial charge < -0.3 is 14.5 Å². The fourth-order valence-electron chi connectivity index (χ4n) is 3.90. The van der Waals surface area contributed by atoms with Crippen molar-refractivity contribution in [3.8, 4) is 5.82 Å². The van der Waals surface area contributed by atoms with E-state index < -0.39 is 17.3 Å². The summed E-state index contributed by atoms with van der Waals surface area (Å²) >= 11 is 6.29. The first kappa shape index (κ1) is 22.5. The first-order valence-electron chi connectivity index (χ1n) is 10.2. The molecule has 0 spiro atoms. The van der Waals surface area contributed by atoms with Crippen LogP contribution in [0.1, 0.15) is 18.4 Å². The highest BCUT2D eigenvalue weighted by Gasteiger charge is 2.32. The van der Waals surface area contributed by atoms with Gasteiger partial charge in [0.1, 0.15) is 5.02 Å². The van der Waals surface area contributed by atoms with Gasteiger partial charge in [-0.05, 0) is 25.0 Å². The van der Waals surface area contributed by atoms with Crippen molar-refractivity contribution in [1.82, 2.24) is 19.7 Å². The molecule has 0 radical (unpaired) electrons. The number of hydrogen-bond donors (Lipinski definition) is 0. The number of alkyl halides is 3. The van der Waals surface area contributed by atoms with Crippen LogP contribution in [0.4, 0.5) is 18.9 Å². The Kier molecular flexibility index (Phi) is 6.38. The molecule has 0 atom stereocenters. The third-order valence-corrected chi connectivity index (χ3v) is 6.06. The van der Waals surface area contributed by atoms with Gasteiger partial charge in [0.2, 0.25) is 5.91 Å². The van der Waals surface area contributed by atoms with E-state index in [0.717, 1.165) is 16.8 Å². The zero-order valence-corrected chi connectivity index (χ0v) is 17.8. The summed E-state index contributed by atoms with van der Waals surface area (Å²) in [6.07, 6.45) is -1.25. The van der Waals surface area contributed by atoms with E-state index in [1.165, 1.54) is 6.20 Å². The number of pyridine rings is 1. The predicted molar refractivity (Wildman–Crippen MR) is 110 cm³/mol. The van der Waals surface area contributed by atoms with E-state index in [9.17, 15) is 22.8 Å². The number of anilines is 1. The molecule has 0 N–H and O–H groups in total. The number of carbonyl (C=O) groups is 1. The van der Waals surface area contributed by atoms with E-state index in [1.54, 1.807) is 0 Å². The lowest BCUT2D eigenvalue weighted by atomic mass is 9.95. The summed E-state index contributed by atoms with van der Waals surface area (Å²) in [6, 6.07) is 1.89. The summed E-state index contributed by atoms with van der Waals surface area (Å²) in [5.41, 5.74) is -1.17. The van der Waals surface area contributed by atoms with Gasteiger partial charge in [0.05, 0.1) is 30.7 Å². The second kappa shape index (κ2) is 9.07. The summed E-state index contributed by atoms with van der Waals surface area (Å²) in [5.74, 6) is -0.0277. The van der Waals surface area contributed by atoms with Crippen LogP contribution in [-0.4, -0.2) is 65.0 Å². The highest BCUT2D eigenvalue weighted by atomic mass is 35.5. The van der Waals surface area contributed by atoms with Crippen molar-refractivity contribution in [2.24, 2.45) is 5.92 Å². The molecule has 0 saturated carbocycles. The van der Waals surface area contributed by atoms with Crippen LogP contribution in [0.25, 0.3) is 5.82 Å². The molecule has 8 nitrogen and oxygen atoms in total. The minimum absolute atomic E-state index is 0.0636. The topological polar surface area (TPSA) is 80.6 Å². The Bertz CT molecular complexity index is 1030. The smallest absolute Gasteiger partial charge is 0.378 e. The molecule has 12 heteroatoms. The van der Waals surface area contributed by atoms with Gasteiger partial charge in [-0.25, -0.2) is 4.98 Å². The number of ether oxygens (including phenoxy) is 1. The quantitative estimate of drug-likeness (QED) is 0.684. The van der Waals surface area contributed by atoms with Crippen molar-refractivity contribution >= 4 is 23.2 Å². The molecule has 0 unspecified atom stereocenters. The van der Waals surface area contributed by atoms with Crippen molar-refractivity contribution in [1.29, 1.82) is 0 Å². The fraction of sp³-hybridized carbons (Fsp3) is 0.500. The number of carbonyl (C=O) groups excluding carboxylic acids is 1. The second-order valence-electron chi connectivity index (χ2n) is 7.66. The van der Waals surface area contributed by atoms with E-state index in [0.29, 0.717) is 64.1 Å². The minimum atomic E-state index is -4.53. The highest BCUT2D eigenvalue weighted by Crippen LogP contribution is 2.30. The van der Waals surface area contributed by atoms with Crippen LogP contribution in [-0.2, 0) is 15.7 Å². The maximum absolute atomic E-state index is 12.7. The van der Waals surface area contributed by atoms with E-state index in [-0.39, 0.29) is 22.7 Å². The van der Waals surface area contributed by atoms with Gasteiger partial charge in [-0.1, -0.05) is 11.6 Å². The molecule has 0 aromatic carbocycles. The van der Waals surface area contributed by atoms with Gasteiger partial charge in [0.15, 0.2) is 5.82 Å². The molecule has 2 aliphatic rings. The van der Waals surface area contributed by atoms with Crippen molar-refractivity contribution in [3.05, 3.63) is 45.5 Å². The lowest BCUT2D eigenvalue weighted by Crippen LogP contribution is -2.47. The molecule has 32 heavy (non-hydrogen) atoms. The Morgan fingerprint density at radius 2 is 1.78 bits per heavy atom. The predicted octanol–water partition coefficient (Wildman–Crippen LogP) is 2.37. The van der Waals surface area contributed by atoms with Crippen LogP contribution in [0.2, 0.25) is 5.02 Å². The molecule has 1 amide bonds. The van der Waals surface area contributed by atoms with Gasteiger partial charge in [-0.15, -0.1) is 0 Å². The van der Waals surface area contributed by atoms with Crippen LogP contribution in [0.3, 0.4) is 0 Å². The highest BCUT2D eigenvalue weighted by molar-refractivity contribution is 6.33. The summed E-state index contributed by atoms with van der Waals surface area (Å²) < 4.78 is 44.3. The number of amides is 1. The Balaban J connectivity index is 1.46. The Morgan fingerprint density at radius 3 is 2.38 bits per heavy atom. The fourth-order valence-corrected chi connectivity index (χ4v) is 4.14. The molecule has 4 rings (SSSR count). The molecule has 4 heterocycles. The molecular formula is C20H21ClF3N5O3. The Labute approximate surface area is 186 Å². The number of halogens is 4. The molecule has 2 aliphatic heterocycles. The van der Waals surface area contributed by atoms with Gasteiger partial charge >= 0.3 is 6.18 Å². The zero-order chi connectivity index (χ0) is 22.9. The average Bonchev–Trinajstić information content (AvgIpc) is 2.81. The Hall–Kier alpha value is -2.66. The van der Waals surface area contributed by atoms with Gasteiger partial charge in [-0.2, -0.15) is 23.0 Å². The van der Waals surface area contributed by atoms with E-state index in [2.05, 4.69) is 10.1 Å². The van der Waals surface area contributed by atoms with Crippen molar-refractivity contribution in [3.63, 3.8) is 0 Å². The number of piperidine rings is 1. The molecule has 0 aliphatic carbocycles.